The van der Waals surface area contributed by atoms with E-state index < -0.39 is 0 Å². The molecule has 0 atom stereocenters. The molecule has 3 aromatic heterocycles. The predicted octanol–water partition coefficient (Wildman–Crippen LogP) is 3.75. The maximum atomic E-state index is 6.06. The van der Waals surface area contributed by atoms with Gasteiger partial charge in [-0.15, -0.1) is 5.10 Å². The van der Waals surface area contributed by atoms with Gasteiger partial charge in [0.15, 0.2) is 17.1 Å². The Morgan fingerprint density at radius 3 is 2.93 bits per heavy atom. The summed E-state index contributed by atoms with van der Waals surface area (Å²) < 4.78 is 9.50. The number of nitrogens with zero attached hydrogens (tertiary/aromatic N) is 6. The lowest BCUT2D eigenvalue weighted by Gasteiger charge is -2.09. The Bertz CT molecular complexity index is 1400. The van der Waals surface area contributed by atoms with Crippen LogP contribution in [0.2, 0.25) is 0 Å². The van der Waals surface area contributed by atoms with Crippen LogP contribution < -0.4 is 4.74 Å². The van der Waals surface area contributed by atoms with Crippen LogP contribution in [0.25, 0.3) is 28.1 Å². The molecule has 30 heavy (non-hydrogen) atoms. The Balaban J connectivity index is 1.28. The van der Waals surface area contributed by atoms with Gasteiger partial charge in [0.1, 0.15) is 18.7 Å². The molecule has 0 radical (unpaired) electrons. The lowest BCUT2D eigenvalue weighted by Crippen LogP contribution is -1.97. The average molecular weight is 396 g/mol. The molecule has 0 aliphatic heterocycles. The Morgan fingerprint density at radius 2 is 1.97 bits per heavy atom. The summed E-state index contributed by atoms with van der Waals surface area (Å²) in [7, 11) is 1.87. The molecule has 2 aromatic carbocycles. The summed E-state index contributed by atoms with van der Waals surface area (Å²) in [5, 5.41) is 9.76. The number of rotatable bonds is 4. The summed E-state index contributed by atoms with van der Waals surface area (Å²) >= 11 is 0. The van der Waals surface area contributed by atoms with Crippen molar-refractivity contribution in [3.8, 4) is 17.1 Å². The Labute approximate surface area is 173 Å². The van der Waals surface area contributed by atoms with Crippen LogP contribution in [0.1, 0.15) is 23.1 Å². The van der Waals surface area contributed by atoms with E-state index in [4.69, 9.17) is 9.72 Å². The predicted molar refractivity (Wildman–Crippen MR) is 113 cm³/mol. The lowest BCUT2D eigenvalue weighted by molar-refractivity contribution is 0.306. The summed E-state index contributed by atoms with van der Waals surface area (Å²) in [6.45, 7) is 0.508. The summed E-state index contributed by atoms with van der Waals surface area (Å²) in [4.78, 5) is 9.16. The van der Waals surface area contributed by atoms with Crippen molar-refractivity contribution in [2.75, 3.05) is 0 Å². The molecule has 1 aliphatic rings. The molecule has 0 fully saturated rings. The highest BCUT2D eigenvalue weighted by atomic mass is 16.5. The standard InChI is InChI=1S/C23H20N6O/c1-28-22-20(12-25-28)23-26-21(27-29(23)14-24-22)18-7-2-4-15(10-18)13-30-19-9-8-16-5-3-6-17(16)11-19/h2,4,7-12,14H,3,5-6,13H2,1H3. The van der Waals surface area contributed by atoms with Crippen molar-refractivity contribution < 1.29 is 4.74 Å². The largest absolute Gasteiger partial charge is 0.489 e. The maximum absolute atomic E-state index is 6.06. The van der Waals surface area contributed by atoms with E-state index in [0.717, 1.165) is 40.0 Å². The highest BCUT2D eigenvalue weighted by Crippen LogP contribution is 2.27. The van der Waals surface area contributed by atoms with Gasteiger partial charge >= 0.3 is 0 Å². The van der Waals surface area contributed by atoms with E-state index in [9.17, 15) is 0 Å². The molecule has 0 saturated carbocycles. The molecule has 0 amide bonds. The number of aromatic nitrogens is 6. The van der Waals surface area contributed by atoms with Crippen molar-refractivity contribution in [2.24, 2.45) is 7.05 Å². The molecule has 5 aromatic rings. The first-order valence-corrected chi connectivity index (χ1v) is 10.1. The van der Waals surface area contributed by atoms with Gasteiger partial charge < -0.3 is 4.74 Å². The quantitative estimate of drug-likeness (QED) is 0.463. The molecule has 1 aliphatic carbocycles. The maximum Gasteiger partial charge on any atom is 0.182 e. The fourth-order valence-electron chi connectivity index (χ4n) is 4.17. The number of hydrogen-bond acceptors (Lipinski definition) is 5. The van der Waals surface area contributed by atoms with Crippen molar-refractivity contribution in [3.05, 3.63) is 71.7 Å². The number of aryl methyl sites for hydroxylation is 3. The third-order valence-electron chi connectivity index (χ3n) is 5.73. The van der Waals surface area contributed by atoms with E-state index >= 15 is 0 Å². The van der Waals surface area contributed by atoms with Gasteiger partial charge in [-0.25, -0.2) is 14.5 Å². The van der Waals surface area contributed by atoms with Crippen LogP contribution in [0.4, 0.5) is 0 Å². The molecule has 148 valence electrons. The first-order valence-electron chi connectivity index (χ1n) is 10.1. The molecule has 6 rings (SSSR count). The monoisotopic (exact) mass is 396 g/mol. The molecule has 7 heteroatoms. The van der Waals surface area contributed by atoms with E-state index in [0.29, 0.717) is 12.4 Å². The molecule has 0 unspecified atom stereocenters. The fraction of sp³-hybridized carbons (Fsp3) is 0.217. The zero-order chi connectivity index (χ0) is 20.1. The number of fused-ring (bicyclic) bond motifs is 4. The number of hydrogen-bond donors (Lipinski definition) is 0. The van der Waals surface area contributed by atoms with Gasteiger partial charge in [-0.2, -0.15) is 5.10 Å². The van der Waals surface area contributed by atoms with Crippen LogP contribution >= 0.6 is 0 Å². The molecule has 0 saturated heterocycles. The van der Waals surface area contributed by atoms with Crippen LogP contribution in [-0.4, -0.2) is 29.4 Å². The van der Waals surface area contributed by atoms with Gasteiger partial charge in [0.25, 0.3) is 0 Å². The molecule has 0 N–H and O–H groups in total. The van der Waals surface area contributed by atoms with Crippen LogP contribution in [0, 0.1) is 0 Å². The molecular weight excluding hydrogens is 376 g/mol. The highest BCUT2D eigenvalue weighted by molar-refractivity contribution is 5.89. The van der Waals surface area contributed by atoms with Crippen LogP contribution in [-0.2, 0) is 26.5 Å². The van der Waals surface area contributed by atoms with Gasteiger partial charge in [-0.05, 0) is 54.2 Å². The first-order chi connectivity index (χ1) is 14.7. The minimum absolute atomic E-state index is 0.508. The second kappa shape index (κ2) is 6.66. The second-order valence-corrected chi connectivity index (χ2v) is 7.73. The molecule has 0 bridgehead atoms. The zero-order valence-corrected chi connectivity index (χ0v) is 16.6. The molecular formula is C23H20N6O. The van der Waals surface area contributed by atoms with Crippen molar-refractivity contribution in [1.29, 1.82) is 0 Å². The van der Waals surface area contributed by atoms with Crippen LogP contribution in [0.5, 0.6) is 5.75 Å². The van der Waals surface area contributed by atoms with Gasteiger partial charge in [0.2, 0.25) is 0 Å². The smallest absolute Gasteiger partial charge is 0.182 e. The number of benzene rings is 2. The van der Waals surface area contributed by atoms with E-state index in [1.807, 2.05) is 19.2 Å². The summed E-state index contributed by atoms with van der Waals surface area (Å²) in [5.41, 5.74) is 6.45. The van der Waals surface area contributed by atoms with E-state index in [2.05, 4.69) is 45.5 Å². The highest BCUT2D eigenvalue weighted by Gasteiger charge is 2.14. The molecule has 0 spiro atoms. The summed E-state index contributed by atoms with van der Waals surface area (Å²) in [5.74, 6) is 1.59. The second-order valence-electron chi connectivity index (χ2n) is 7.73. The minimum Gasteiger partial charge on any atom is -0.489 e. The first kappa shape index (κ1) is 17.1. The van der Waals surface area contributed by atoms with Crippen molar-refractivity contribution >= 4 is 16.7 Å². The zero-order valence-electron chi connectivity index (χ0n) is 16.6. The van der Waals surface area contributed by atoms with E-state index in [1.165, 1.54) is 24.0 Å². The third kappa shape index (κ3) is 2.82. The topological polar surface area (TPSA) is 70.1 Å². The fourth-order valence-corrected chi connectivity index (χ4v) is 4.17. The summed E-state index contributed by atoms with van der Waals surface area (Å²) in [6.07, 6.45) is 7.03. The molecule has 3 heterocycles. The van der Waals surface area contributed by atoms with Gasteiger partial charge in [0.05, 0.1) is 11.6 Å². The third-order valence-corrected chi connectivity index (χ3v) is 5.73. The van der Waals surface area contributed by atoms with Crippen molar-refractivity contribution in [2.45, 2.75) is 25.9 Å². The SMILES string of the molecule is Cn1ncc2c1ncn1nc(-c3cccc(COc4ccc5c(c4)CCC5)c3)nc21. The van der Waals surface area contributed by atoms with Crippen molar-refractivity contribution in [1.82, 2.24) is 29.4 Å². The summed E-state index contributed by atoms with van der Waals surface area (Å²) in [6, 6.07) is 14.6. The van der Waals surface area contributed by atoms with Crippen LogP contribution in [0.3, 0.4) is 0 Å². The number of ether oxygens (including phenoxy) is 1. The Hall–Kier alpha value is -3.74. The molecule has 7 nitrogen and oxygen atoms in total. The average Bonchev–Trinajstić information content (AvgIpc) is 3.50. The Morgan fingerprint density at radius 1 is 1.03 bits per heavy atom. The van der Waals surface area contributed by atoms with Gasteiger partial charge in [0, 0.05) is 12.6 Å². The van der Waals surface area contributed by atoms with Crippen molar-refractivity contribution in [3.63, 3.8) is 0 Å². The normalized spacial score (nSPS) is 13.2. The van der Waals surface area contributed by atoms with E-state index in [1.54, 1.807) is 21.7 Å². The van der Waals surface area contributed by atoms with Gasteiger partial charge in [-0.3, -0.25) is 4.68 Å². The van der Waals surface area contributed by atoms with E-state index in [-0.39, 0.29) is 0 Å². The lowest BCUT2D eigenvalue weighted by atomic mass is 10.1. The minimum atomic E-state index is 0.508. The van der Waals surface area contributed by atoms with Crippen LogP contribution in [0.15, 0.2) is 55.0 Å². The van der Waals surface area contributed by atoms with Gasteiger partial charge in [-0.1, -0.05) is 24.3 Å². The Kier molecular flexibility index (Phi) is 3.80.